The van der Waals surface area contributed by atoms with E-state index in [1.807, 2.05) is 60.7 Å². The second kappa shape index (κ2) is 6.57. The molecular weight excluding hydrogens is 270 g/mol. The molecule has 0 N–H and O–H groups in total. The predicted octanol–water partition coefficient (Wildman–Crippen LogP) is 3.89. The molecule has 2 rings (SSSR count). The summed E-state index contributed by atoms with van der Waals surface area (Å²) < 4.78 is 28.4. The Labute approximate surface area is 124 Å². The fraction of sp³-hybridized carbons (Fsp3) is 0.294. The van der Waals surface area contributed by atoms with Crippen LogP contribution in [0.5, 0.6) is 0 Å². The summed E-state index contributed by atoms with van der Waals surface area (Å²) in [6, 6.07) is 18.5. The molecule has 0 saturated heterocycles. The summed E-state index contributed by atoms with van der Waals surface area (Å²) in [4.78, 5) is 3.16. The number of anilines is 2. The van der Waals surface area contributed by atoms with Gasteiger partial charge in [-0.3, -0.25) is 0 Å². The first kappa shape index (κ1) is 15.3. The third kappa shape index (κ3) is 4.45. The van der Waals surface area contributed by atoms with Crippen LogP contribution in [0.1, 0.15) is 0 Å². The zero-order valence-corrected chi connectivity index (χ0v) is 12.3. The van der Waals surface area contributed by atoms with Crippen LogP contribution in [-0.2, 0) is 0 Å². The number of halogens is 2. The largest absolute Gasteiger partial charge is 0.368 e. The fourth-order valence-corrected chi connectivity index (χ4v) is 2.29. The van der Waals surface area contributed by atoms with Crippen LogP contribution in [-0.4, -0.2) is 33.1 Å². The molecule has 0 bridgehead atoms. The molecule has 2 aromatic carbocycles. The van der Waals surface area contributed by atoms with Crippen LogP contribution in [0.15, 0.2) is 60.7 Å². The van der Waals surface area contributed by atoms with E-state index >= 15 is 0 Å². The van der Waals surface area contributed by atoms with Crippen molar-refractivity contribution in [2.24, 2.45) is 0 Å². The summed E-state index contributed by atoms with van der Waals surface area (Å²) in [5, 5.41) is 0. The Morgan fingerprint density at radius 3 is 1.38 bits per heavy atom. The van der Waals surface area contributed by atoms with Gasteiger partial charge >= 0.3 is 0 Å². The molecular formula is C17H20F2N2. The molecule has 0 radical (unpaired) electrons. The summed E-state index contributed by atoms with van der Waals surface area (Å²) >= 11 is 0. The molecule has 0 saturated carbocycles. The Balaban J connectivity index is 1.98. The summed E-state index contributed by atoms with van der Waals surface area (Å²) in [5.74, 6) is -2.80. The number of hydrogen-bond acceptors (Lipinski definition) is 2. The third-order valence-corrected chi connectivity index (χ3v) is 3.33. The maximum absolute atomic E-state index is 14.2. The Morgan fingerprint density at radius 1 is 0.714 bits per heavy atom. The smallest absolute Gasteiger partial charge is 0.282 e. The highest BCUT2D eigenvalue weighted by Gasteiger charge is 2.32. The topological polar surface area (TPSA) is 6.48 Å². The maximum atomic E-state index is 14.2. The van der Waals surface area contributed by atoms with Gasteiger partial charge in [-0.1, -0.05) is 36.4 Å². The molecule has 2 aromatic rings. The van der Waals surface area contributed by atoms with Crippen LogP contribution in [0.25, 0.3) is 0 Å². The Kier molecular flexibility index (Phi) is 4.78. The van der Waals surface area contributed by atoms with E-state index in [1.54, 1.807) is 23.9 Å². The number of rotatable bonds is 6. The summed E-state index contributed by atoms with van der Waals surface area (Å²) in [7, 11) is 3.37. The van der Waals surface area contributed by atoms with Crippen molar-refractivity contribution in [3.63, 3.8) is 0 Å². The molecule has 2 nitrogen and oxygen atoms in total. The first-order valence-corrected chi connectivity index (χ1v) is 6.88. The normalized spacial score (nSPS) is 11.2. The van der Waals surface area contributed by atoms with Gasteiger partial charge in [0.1, 0.15) is 0 Å². The van der Waals surface area contributed by atoms with Crippen LogP contribution in [0.3, 0.4) is 0 Å². The van der Waals surface area contributed by atoms with Crippen LogP contribution in [0, 0.1) is 0 Å². The SMILES string of the molecule is CN(CC(F)(F)CN(C)c1ccccc1)c1ccccc1. The summed E-state index contributed by atoms with van der Waals surface area (Å²) in [6.45, 7) is -0.623. The van der Waals surface area contributed by atoms with Crippen molar-refractivity contribution in [1.29, 1.82) is 0 Å². The molecule has 0 aromatic heterocycles. The van der Waals surface area contributed by atoms with E-state index in [0.717, 1.165) is 11.4 Å². The highest BCUT2D eigenvalue weighted by Crippen LogP contribution is 2.22. The Bertz CT molecular complexity index is 494. The van der Waals surface area contributed by atoms with Gasteiger partial charge < -0.3 is 9.80 Å². The van der Waals surface area contributed by atoms with Crippen molar-refractivity contribution < 1.29 is 8.78 Å². The molecule has 0 atom stereocenters. The molecule has 4 heteroatoms. The van der Waals surface area contributed by atoms with Crippen molar-refractivity contribution in [3.05, 3.63) is 60.7 Å². The monoisotopic (exact) mass is 290 g/mol. The highest BCUT2D eigenvalue weighted by atomic mass is 19.3. The van der Waals surface area contributed by atoms with Gasteiger partial charge in [0.25, 0.3) is 5.92 Å². The standard InChI is InChI=1S/C17H20F2N2/c1-20(15-9-5-3-6-10-15)13-17(18,19)14-21(2)16-11-7-4-8-12-16/h3-12H,13-14H2,1-2H3. The quantitative estimate of drug-likeness (QED) is 0.796. The van der Waals surface area contributed by atoms with Crippen molar-refractivity contribution in [3.8, 4) is 0 Å². The zero-order chi connectivity index (χ0) is 15.3. The molecule has 0 amide bonds. The van der Waals surface area contributed by atoms with Crippen LogP contribution in [0.4, 0.5) is 20.2 Å². The molecule has 0 fully saturated rings. The minimum Gasteiger partial charge on any atom is -0.368 e. The van der Waals surface area contributed by atoms with Crippen molar-refractivity contribution >= 4 is 11.4 Å². The number of nitrogens with zero attached hydrogens (tertiary/aromatic N) is 2. The van der Waals surface area contributed by atoms with E-state index in [9.17, 15) is 8.78 Å². The van der Waals surface area contributed by atoms with Crippen LogP contribution < -0.4 is 9.80 Å². The molecule has 0 heterocycles. The van der Waals surface area contributed by atoms with Gasteiger partial charge in [0.2, 0.25) is 0 Å². The predicted molar refractivity (Wildman–Crippen MR) is 84.4 cm³/mol. The molecule has 0 aliphatic heterocycles. The van der Waals surface area contributed by atoms with Gasteiger partial charge in [-0.15, -0.1) is 0 Å². The van der Waals surface area contributed by atoms with Gasteiger partial charge in [-0.05, 0) is 24.3 Å². The lowest BCUT2D eigenvalue weighted by molar-refractivity contribution is 0.0189. The molecule has 0 aliphatic carbocycles. The second-order valence-corrected chi connectivity index (χ2v) is 5.24. The lowest BCUT2D eigenvalue weighted by atomic mass is 10.2. The minimum atomic E-state index is -2.80. The second-order valence-electron chi connectivity index (χ2n) is 5.24. The van der Waals surface area contributed by atoms with Crippen molar-refractivity contribution in [2.45, 2.75) is 5.92 Å². The van der Waals surface area contributed by atoms with Gasteiger partial charge in [-0.25, -0.2) is 8.78 Å². The average Bonchev–Trinajstić information content (AvgIpc) is 2.48. The van der Waals surface area contributed by atoms with Crippen LogP contribution >= 0.6 is 0 Å². The molecule has 0 unspecified atom stereocenters. The molecule has 0 aliphatic rings. The van der Waals surface area contributed by atoms with Gasteiger partial charge in [0, 0.05) is 25.5 Å². The van der Waals surface area contributed by atoms with E-state index in [-0.39, 0.29) is 13.1 Å². The lowest BCUT2D eigenvalue weighted by Gasteiger charge is -2.29. The highest BCUT2D eigenvalue weighted by molar-refractivity contribution is 5.47. The fourth-order valence-electron chi connectivity index (χ4n) is 2.29. The Hall–Kier alpha value is -2.10. The van der Waals surface area contributed by atoms with Crippen molar-refractivity contribution in [1.82, 2.24) is 0 Å². The molecule has 0 spiro atoms. The number of alkyl halides is 2. The minimum absolute atomic E-state index is 0.311. The van der Waals surface area contributed by atoms with Crippen molar-refractivity contribution in [2.75, 3.05) is 37.0 Å². The summed E-state index contributed by atoms with van der Waals surface area (Å²) in [5.41, 5.74) is 1.58. The van der Waals surface area contributed by atoms with Gasteiger partial charge in [0.15, 0.2) is 0 Å². The molecule has 112 valence electrons. The maximum Gasteiger partial charge on any atom is 0.282 e. The number of benzene rings is 2. The first-order valence-electron chi connectivity index (χ1n) is 6.88. The van der Waals surface area contributed by atoms with E-state index in [0.29, 0.717) is 0 Å². The first-order chi connectivity index (χ1) is 9.98. The number of hydrogen-bond donors (Lipinski definition) is 0. The zero-order valence-electron chi connectivity index (χ0n) is 12.3. The van der Waals surface area contributed by atoms with E-state index in [4.69, 9.17) is 0 Å². The van der Waals surface area contributed by atoms with Gasteiger partial charge in [0.05, 0.1) is 13.1 Å². The van der Waals surface area contributed by atoms with Crippen LogP contribution in [0.2, 0.25) is 0 Å². The van der Waals surface area contributed by atoms with E-state index < -0.39 is 5.92 Å². The van der Waals surface area contributed by atoms with Gasteiger partial charge in [-0.2, -0.15) is 0 Å². The molecule has 21 heavy (non-hydrogen) atoms. The average molecular weight is 290 g/mol. The summed E-state index contributed by atoms with van der Waals surface area (Å²) in [6.07, 6.45) is 0. The third-order valence-electron chi connectivity index (χ3n) is 3.33. The van der Waals surface area contributed by atoms with E-state index in [2.05, 4.69) is 0 Å². The lowest BCUT2D eigenvalue weighted by Crippen LogP contribution is -2.43. The number of para-hydroxylation sites is 2. The van der Waals surface area contributed by atoms with E-state index in [1.165, 1.54) is 0 Å². The Morgan fingerprint density at radius 2 is 1.05 bits per heavy atom.